The Morgan fingerprint density at radius 3 is 2.10 bits per heavy atom. The Hall–Kier alpha value is -3.93. The molecule has 0 unspecified atom stereocenters. The van der Waals surface area contributed by atoms with Crippen molar-refractivity contribution in [3.63, 3.8) is 0 Å². The average molecular weight is 402 g/mol. The average Bonchev–Trinajstić information content (AvgIpc) is 2.71. The maximum absolute atomic E-state index is 12.4. The number of amides is 2. The second-order valence-electron chi connectivity index (χ2n) is 6.86. The van der Waals surface area contributed by atoms with Gasteiger partial charge in [0.15, 0.2) is 0 Å². The van der Waals surface area contributed by atoms with Crippen LogP contribution in [0.15, 0.2) is 72.8 Å². The van der Waals surface area contributed by atoms with Crippen molar-refractivity contribution in [3.8, 4) is 5.75 Å². The van der Waals surface area contributed by atoms with E-state index in [-0.39, 0.29) is 18.2 Å². The maximum Gasteiger partial charge on any atom is 0.308 e. The number of ether oxygens (including phenoxy) is 1. The van der Waals surface area contributed by atoms with Crippen molar-refractivity contribution in [2.75, 3.05) is 10.6 Å². The summed E-state index contributed by atoms with van der Waals surface area (Å²) in [5.41, 5.74) is 3.67. The molecule has 0 spiro atoms. The van der Waals surface area contributed by atoms with Gasteiger partial charge in [0.05, 0.1) is 6.42 Å². The molecule has 0 aliphatic rings. The first-order valence-corrected chi connectivity index (χ1v) is 9.44. The van der Waals surface area contributed by atoms with Crippen LogP contribution >= 0.6 is 0 Å². The van der Waals surface area contributed by atoms with Gasteiger partial charge in [-0.1, -0.05) is 35.9 Å². The number of rotatable bonds is 6. The Morgan fingerprint density at radius 2 is 1.47 bits per heavy atom. The van der Waals surface area contributed by atoms with E-state index in [4.69, 9.17) is 4.74 Å². The quantitative estimate of drug-likeness (QED) is 0.474. The minimum absolute atomic E-state index is 0.113. The lowest BCUT2D eigenvalue weighted by molar-refractivity contribution is -0.131. The number of esters is 1. The van der Waals surface area contributed by atoms with Gasteiger partial charge >= 0.3 is 5.97 Å². The standard InChI is InChI=1S/C24H22N2O4/c1-16-6-8-18(9-7-16)14-23(28)25-20-10-12-21(13-11-20)26-24(29)19-4-3-5-22(15-19)30-17(2)27/h3-13,15H,14H2,1-2H3,(H,25,28)(H,26,29). The second kappa shape index (κ2) is 9.52. The molecule has 30 heavy (non-hydrogen) atoms. The summed E-state index contributed by atoms with van der Waals surface area (Å²) in [6.45, 7) is 3.30. The number of hydrogen-bond acceptors (Lipinski definition) is 4. The number of anilines is 2. The molecule has 0 aliphatic carbocycles. The van der Waals surface area contributed by atoms with Crippen molar-refractivity contribution in [1.29, 1.82) is 0 Å². The van der Waals surface area contributed by atoms with Crippen LogP contribution in [-0.4, -0.2) is 17.8 Å². The zero-order valence-electron chi connectivity index (χ0n) is 16.8. The van der Waals surface area contributed by atoms with Crippen molar-refractivity contribution in [3.05, 3.63) is 89.5 Å². The predicted molar refractivity (Wildman–Crippen MR) is 116 cm³/mol. The minimum atomic E-state index is -0.451. The molecule has 0 radical (unpaired) electrons. The summed E-state index contributed by atoms with van der Waals surface area (Å²) in [7, 11) is 0. The first-order valence-electron chi connectivity index (χ1n) is 9.44. The van der Waals surface area contributed by atoms with E-state index in [2.05, 4.69) is 10.6 Å². The van der Waals surface area contributed by atoms with Gasteiger partial charge in [0.25, 0.3) is 5.91 Å². The van der Waals surface area contributed by atoms with Crippen LogP contribution in [0.5, 0.6) is 5.75 Å². The number of benzene rings is 3. The van der Waals surface area contributed by atoms with Gasteiger partial charge in [0.2, 0.25) is 5.91 Å². The highest BCUT2D eigenvalue weighted by molar-refractivity contribution is 6.04. The van der Waals surface area contributed by atoms with E-state index in [9.17, 15) is 14.4 Å². The molecular weight excluding hydrogens is 380 g/mol. The van der Waals surface area contributed by atoms with Gasteiger partial charge in [-0.25, -0.2) is 0 Å². The van der Waals surface area contributed by atoms with E-state index in [0.29, 0.717) is 22.7 Å². The third-order valence-electron chi connectivity index (χ3n) is 4.27. The Kier molecular flexibility index (Phi) is 6.60. The lowest BCUT2D eigenvalue weighted by atomic mass is 10.1. The topological polar surface area (TPSA) is 84.5 Å². The molecule has 0 aromatic heterocycles. The molecule has 0 heterocycles. The van der Waals surface area contributed by atoms with Crippen molar-refractivity contribution < 1.29 is 19.1 Å². The summed E-state index contributed by atoms with van der Waals surface area (Å²) < 4.78 is 5.00. The van der Waals surface area contributed by atoms with Gasteiger partial charge in [-0.05, 0) is 55.0 Å². The monoisotopic (exact) mass is 402 g/mol. The van der Waals surface area contributed by atoms with E-state index in [1.807, 2.05) is 31.2 Å². The maximum atomic E-state index is 12.4. The molecule has 0 bridgehead atoms. The largest absolute Gasteiger partial charge is 0.427 e. The zero-order chi connectivity index (χ0) is 21.5. The Morgan fingerprint density at radius 1 is 0.833 bits per heavy atom. The van der Waals surface area contributed by atoms with Gasteiger partial charge < -0.3 is 15.4 Å². The van der Waals surface area contributed by atoms with Crippen LogP contribution in [-0.2, 0) is 16.0 Å². The Balaban J connectivity index is 1.57. The van der Waals surface area contributed by atoms with Gasteiger partial charge in [-0.3, -0.25) is 14.4 Å². The van der Waals surface area contributed by atoms with Crippen LogP contribution in [0.2, 0.25) is 0 Å². The van der Waals surface area contributed by atoms with Crippen molar-refractivity contribution in [2.45, 2.75) is 20.3 Å². The molecule has 2 amide bonds. The third-order valence-corrected chi connectivity index (χ3v) is 4.27. The Labute approximate surface area is 174 Å². The number of carbonyl (C=O) groups excluding carboxylic acids is 3. The van der Waals surface area contributed by atoms with Gasteiger partial charge in [0, 0.05) is 23.9 Å². The molecule has 0 aliphatic heterocycles. The molecule has 0 fully saturated rings. The molecule has 3 rings (SSSR count). The van der Waals surface area contributed by atoms with Crippen LogP contribution in [0.25, 0.3) is 0 Å². The lowest BCUT2D eigenvalue weighted by Gasteiger charge is -2.09. The molecule has 6 nitrogen and oxygen atoms in total. The lowest BCUT2D eigenvalue weighted by Crippen LogP contribution is -2.15. The van der Waals surface area contributed by atoms with Crippen LogP contribution in [0.3, 0.4) is 0 Å². The van der Waals surface area contributed by atoms with Crippen LogP contribution in [0, 0.1) is 6.92 Å². The second-order valence-corrected chi connectivity index (χ2v) is 6.86. The fraction of sp³-hybridized carbons (Fsp3) is 0.125. The first kappa shape index (κ1) is 20.8. The van der Waals surface area contributed by atoms with Gasteiger partial charge in [0.1, 0.15) is 5.75 Å². The predicted octanol–water partition coefficient (Wildman–Crippen LogP) is 4.35. The van der Waals surface area contributed by atoms with Crippen LogP contribution in [0.1, 0.15) is 28.4 Å². The minimum Gasteiger partial charge on any atom is -0.427 e. The normalized spacial score (nSPS) is 10.2. The smallest absolute Gasteiger partial charge is 0.308 e. The highest BCUT2D eigenvalue weighted by Crippen LogP contribution is 2.18. The first-order chi connectivity index (χ1) is 14.4. The SMILES string of the molecule is CC(=O)Oc1cccc(C(=O)Nc2ccc(NC(=O)Cc3ccc(C)cc3)cc2)c1. The zero-order valence-corrected chi connectivity index (χ0v) is 16.8. The van der Waals surface area contributed by atoms with Gasteiger partial charge in [-0.15, -0.1) is 0 Å². The van der Waals surface area contributed by atoms with E-state index in [0.717, 1.165) is 11.1 Å². The van der Waals surface area contributed by atoms with Crippen LogP contribution in [0.4, 0.5) is 11.4 Å². The van der Waals surface area contributed by atoms with E-state index in [1.54, 1.807) is 42.5 Å². The summed E-state index contributed by atoms with van der Waals surface area (Å²) in [4.78, 5) is 35.7. The Bertz CT molecular complexity index is 1060. The van der Waals surface area contributed by atoms with Gasteiger partial charge in [-0.2, -0.15) is 0 Å². The molecule has 3 aromatic carbocycles. The molecule has 0 atom stereocenters. The highest BCUT2D eigenvalue weighted by Gasteiger charge is 2.09. The summed E-state index contributed by atoms with van der Waals surface area (Å²) in [5, 5.41) is 5.62. The number of hydrogen-bond donors (Lipinski definition) is 2. The third kappa shape index (κ3) is 6.04. The van der Waals surface area contributed by atoms with Crippen molar-refractivity contribution in [1.82, 2.24) is 0 Å². The number of nitrogens with one attached hydrogen (secondary N) is 2. The van der Waals surface area contributed by atoms with Crippen molar-refractivity contribution >= 4 is 29.2 Å². The van der Waals surface area contributed by atoms with Crippen molar-refractivity contribution in [2.24, 2.45) is 0 Å². The van der Waals surface area contributed by atoms with E-state index in [1.165, 1.54) is 13.0 Å². The summed E-state index contributed by atoms with van der Waals surface area (Å²) >= 11 is 0. The molecule has 6 heteroatoms. The molecular formula is C24H22N2O4. The van der Waals surface area contributed by atoms with E-state index >= 15 is 0 Å². The van der Waals surface area contributed by atoms with E-state index < -0.39 is 5.97 Å². The number of carbonyl (C=O) groups is 3. The molecule has 0 saturated carbocycles. The number of aryl methyl sites for hydroxylation is 1. The summed E-state index contributed by atoms with van der Waals surface area (Å²) in [5.74, 6) is -0.590. The molecule has 3 aromatic rings. The molecule has 2 N–H and O–H groups in total. The summed E-state index contributed by atoms with van der Waals surface area (Å²) in [6.07, 6.45) is 0.289. The highest BCUT2D eigenvalue weighted by atomic mass is 16.5. The molecule has 152 valence electrons. The molecule has 0 saturated heterocycles. The fourth-order valence-corrected chi connectivity index (χ4v) is 2.80. The summed E-state index contributed by atoms with van der Waals surface area (Å²) in [6, 6.07) is 21.0. The fourth-order valence-electron chi connectivity index (χ4n) is 2.80. The van der Waals surface area contributed by atoms with Crippen LogP contribution < -0.4 is 15.4 Å².